The number of hydrogen-bond acceptors (Lipinski definition) is 5. The van der Waals surface area contributed by atoms with Gasteiger partial charge in [-0.05, 0) is 49.2 Å². The Morgan fingerprint density at radius 1 is 1.07 bits per heavy atom. The highest BCUT2D eigenvalue weighted by atomic mass is 35.5. The second-order valence-electron chi connectivity index (χ2n) is 7.17. The Morgan fingerprint density at radius 3 is 2.47 bits per heavy atom. The quantitative estimate of drug-likeness (QED) is 0.676. The molecular weight excluding hydrogens is 404 g/mol. The summed E-state index contributed by atoms with van der Waals surface area (Å²) in [5, 5.41) is 7.40. The van der Waals surface area contributed by atoms with Gasteiger partial charge in [0, 0.05) is 35.2 Å². The summed E-state index contributed by atoms with van der Waals surface area (Å²) in [4.78, 5) is 30.8. The smallest absolute Gasteiger partial charge is 0.251 e. The number of aromatic nitrogens is 2. The van der Waals surface area contributed by atoms with Crippen LogP contribution < -0.4 is 5.32 Å². The van der Waals surface area contributed by atoms with Crippen molar-refractivity contribution in [2.45, 2.75) is 18.8 Å². The van der Waals surface area contributed by atoms with Crippen molar-refractivity contribution in [3.8, 4) is 11.4 Å². The molecule has 1 aliphatic heterocycles. The average Bonchev–Trinajstić information content (AvgIpc) is 3.29. The molecule has 8 heteroatoms. The Bertz CT molecular complexity index is 1010. The second kappa shape index (κ2) is 9.09. The fourth-order valence-electron chi connectivity index (χ4n) is 3.45. The van der Waals surface area contributed by atoms with Gasteiger partial charge in [0.05, 0.1) is 6.54 Å². The minimum absolute atomic E-state index is 0.0142. The largest absolute Gasteiger partial charge is 0.343 e. The monoisotopic (exact) mass is 424 g/mol. The molecule has 1 aromatic heterocycles. The summed E-state index contributed by atoms with van der Waals surface area (Å²) in [7, 11) is 0. The molecule has 0 saturated carbocycles. The molecule has 3 aromatic rings. The molecule has 0 unspecified atom stereocenters. The van der Waals surface area contributed by atoms with E-state index in [-0.39, 0.29) is 24.3 Å². The lowest BCUT2D eigenvalue weighted by Gasteiger charge is -2.30. The molecular formula is C22H21ClN4O3. The minimum atomic E-state index is -0.251. The summed E-state index contributed by atoms with van der Waals surface area (Å²) >= 11 is 5.92. The molecule has 7 nitrogen and oxygen atoms in total. The van der Waals surface area contributed by atoms with Crippen molar-refractivity contribution in [2.24, 2.45) is 0 Å². The Balaban J connectivity index is 1.28. The average molecular weight is 425 g/mol. The van der Waals surface area contributed by atoms with Crippen molar-refractivity contribution in [3.05, 3.63) is 71.1 Å². The summed E-state index contributed by atoms with van der Waals surface area (Å²) in [5.74, 6) is 0.888. The summed E-state index contributed by atoms with van der Waals surface area (Å²) in [5.41, 5.74) is 1.38. The molecule has 4 rings (SSSR count). The van der Waals surface area contributed by atoms with E-state index in [1.807, 2.05) is 18.2 Å². The van der Waals surface area contributed by atoms with Gasteiger partial charge in [-0.1, -0.05) is 35.0 Å². The lowest BCUT2D eigenvalue weighted by molar-refractivity contribution is -0.131. The predicted molar refractivity (Wildman–Crippen MR) is 112 cm³/mol. The van der Waals surface area contributed by atoms with E-state index in [0.717, 1.165) is 18.4 Å². The van der Waals surface area contributed by atoms with E-state index in [1.54, 1.807) is 41.3 Å². The third-order valence-electron chi connectivity index (χ3n) is 5.18. The van der Waals surface area contributed by atoms with Crippen molar-refractivity contribution in [1.82, 2.24) is 20.4 Å². The van der Waals surface area contributed by atoms with E-state index < -0.39 is 0 Å². The van der Waals surface area contributed by atoms with Crippen molar-refractivity contribution in [1.29, 1.82) is 0 Å². The number of halogens is 1. The van der Waals surface area contributed by atoms with Gasteiger partial charge in [-0.15, -0.1) is 0 Å². The highest BCUT2D eigenvalue weighted by molar-refractivity contribution is 6.30. The van der Waals surface area contributed by atoms with E-state index >= 15 is 0 Å². The van der Waals surface area contributed by atoms with Gasteiger partial charge in [-0.3, -0.25) is 9.59 Å². The topological polar surface area (TPSA) is 88.3 Å². The number of nitrogens with one attached hydrogen (secondary N) is 1. The van der Waals surface area contributed by atoms with Crippen LogP contribution in [0.2, 0.25) is 5.02 Å². The first-order chi connectivity index (χ1) is 14.6. The van der Waals surface area contributed by atoms with Crippen LogP contribution in [0.15, 0.2) is 59.1 Å². The van der Waals surface area contributed by atoms with Crippen molar-refractivity contribution >= 4 is 23.4 Å². The Hall–Kier alpha value is -3.19. The van der Waals surface area contributed by atoms with E-state index in [2.05, 4.69) is 15.5 Å². The maximum atomic E-state index is 12.4. The molecule has 0 aliphatic carbocycles. The van der Waals surface area contributed by atoms with Crippen LogP contribution in [0.1, 0.15) is 35.0 Å². The van der Waals surface area contributed by atoms with E-state index in [9.17, 15) is 9.59 Å². The zero-order valence-corrected chi connectivity index (χ0v) is 17.0. The van der Waals surface area contributed by atoms with Crippen LogP contribution in [-0.4, -0.2) is 46.5 Å². The molecule has 0 radical (unpaired) electrons. The first-order valence-corrected chi connectivity index (χ1v) is 10.2. The first kappa shape index (κ1) is 20.1. The van der Waals surface area contributed by atoms with Gasteiger partial charge >= 0.3 is 0 Å². The highest BCUT2D eigenvalue weighted by Gasteiger charge is 2.27. The number of carbonyl (C=O) groups is 2. The van der Waals surface area contributed by atoms with E-state index in [1.165, 1.54) is 0 Å². The number of carbonyl (C=O) groups excluding carboxylic acids is 2. The molecule has 2 heterocycles. The molecule has 0 spiro atoms. The molecule has 1 saturated heterocycles. The van der Waals surface area contributed by atoms with Crippen LogP contribution in [-0.2, 0) is 4.79 Å². The van der Waals surface area contributed by atoms with Gasteiger partial charge in [-0.25, -0.2) is 0 Å². The second-order valence-corrected chi connectivity index (χ2v) is 7.60. The zero-order valence-electron chi connectivity index (χ0n) is 16.3. The number of amides is 2. The number of rotatable bonds is 5. The van der Waals surface area contributed by atoms with Gasteiger partial charge in [-0.2, -0.15) is 4.98 Å². The third-order valence-corrected chi connectivity index (χ3v) is 5.43. The fourth-order valence-corrected chi connectivity index (χ4v) is 3.58. The lowest BCUT2D eigenvalue weighted by atomic mass is 9.96. The van der Waals surface area contributed by atoms with Gasteiger partial charge in [0.2, 0.25) is 17.6 Å². The van der Waals surface area contributed by atoms with Crippen LogP contribution >= 0.6 is 11.6 Å². The molecule has 1 aliphatic rings. The van der Waals surface area contributed by atoms with Crippen LogP contribution in [0.5, 0.6) is 0 Å². The summed E-state index contributed by atoms with van der Waals surface area (Å²) in [6.45, 7) is 1.16. The molecule has 1 N–H and O–H groups in total. The lowest BCUT2D eigenvalue weighted by Crippen LogP contribution is -2.43. The summed E-state index contributed by atoms with van der Waals surface area (Å²) in [6.07, 6.45) is 1.47. The SMILES string of the molecule is O=C(NCC(=O)N1CCC(c2nc(-c3ccc(Cl)cc3)no2)CC1)c1ccccc1. The van der Waals surface area contributed by atoms with Crippen LogP contribution in [0.3, 0.4) is 0 Å². The maximum absolute atomic E-state index is 12.4. The van der Waals surface area contributed by atoms with Crippen molar-refractivity contribution in [2.75, 3.05) is 19.6 Å². The molecule has 0 atom stereocenters. The molecule has 0 bridgehead atoms. The van der Waals surface area contributed by atoms with Gasteiger partial charge in [0.1, 0.15) is 0 Å². The highest BCUT2D eigenvalue weighted by Crippen LogP contribution is 2.28. The standard InChI is InChI=1S/C22H21ClN4O3/c23-18-8-6-15(7-9-18)20-25-22(30-26-20)17-10-12-27(13-11-17)19(28)14-24-21(29)16-4-2-1-3-5-16/h1-9,17H,10-14H2,(H,24,29). The van der Waals surface area contributed by atoms with Crippen molar-refractivity contribution < 1.29 is 14.1 Å². The zero-order chi connectivity index (χ0) is 20.9. The number of piperidine rings is 1. The Labute approximate surface area is 179 Å². The van der Waals surface area contributed by atoms with Gasteiger partial charge in [0.15, 0.2) is 0 Å². The third kappa shape index (κ3) is 4.68. The van der Waals surface area contributed by atoms with Gasteiger partial charge in [0.25, 0.3) is 5.91 Å². The molecule has 2 aromatic carbocycles. The van der Waals surface area contributed by atoms with Crippen LogP contribution in [0.25, 0.3) is 11.4 Å². The van der Waals surface area contributed by atoms with Crippen molar-refractivity contribution in [3.63, 3.8) is 0 Å². The summed E-state index contributed by atoms with van der Waals surface area (Å²) < 4.78 is 5.46. The van der Waals surface area contributed by atoms with E-state index in [4.69, 9.17) is 16.1 Å². The molecule has 154 valence electrons. The Morgan fingerprint density at radius 2 is 1.77 bits per heavy atom. The Kier molecular flexibility index (Phi) is 6.09. The summed E-state index contributed by atoms with van der Waals surface area (Å²) in [6, 6.07) is 16.1. The first-order valence-electron chi connectivity index (χ1n) is 9.81. The number of nitrogens with zero attached hydrogens (tertiary/aromatic N) is 3. The molecule has 2 amide bonds. The van der Waals surface area contributed by atoms with E-state index in [0.29, 0.717) is 35.4 Å². The molecule has 30 heavy (non-hydrogen) atoms. The van der Waals surface area contributed by atoms with Gasteiger partial charge < -0.3 is 14.7 Å². The number of hydrogen-bond donors (Lipinski definition) is 1. The minimum Gasteiger partial charge on any atom is -0.343 e. The maximum Gasteiger partial charge on any atom is 0.251 e. The van der Waals surface area contributed by atoms with Crippen LogP contribution in [0.4, 0.5) is 0 Å². The number of likely N-dealkylation sites (tertiary alicyclic amines) is 1. The predicted octanol–water partition coefficient (Wildman–Crippen LogP) is 3.53. The van der Waals surface area contributed by atoms with Crippen LogP contribution in [0, 0.1) is 0 Å². The normalized spacial score (nSPS) is 14.5. The fraction of sp³-hybridized carbons (Fsp3) is 0.273. The molecule has 1 fully saturated rings. The number of benzene rings is 2.